The molecule has 0 unspecified atom stereocenters. The lowest BCUT2D eigenvalue weighted by molar-refractivity contribution is -0.126. The van der Waals surface area contributed by atoms with Crippen LogP contribution in [0.2, 0.25) is 0 Å². The number of carbonyl (C=O) groups is 2. The van der Waals surface area contributed by atoms with E-state index in [9.17, 15) is 9.59 Å². The number of urea groups is 1. The highest BCUT2D eigenvalue weighted by molar-refractivity contribution is 5.80. The maximum atomic E-state index is 12.5. The second kappa shape index (κ2) is 10.2. The lowest BCUT2D eigenvalue weighted by atomic mass is 9.97. The first-order valence-corrected chi connectivity index (χ1v) is 9.97. The van der Waals surface area contributed by atoms with Gasteiger partial charge in [-0.2, -0.15) is 0 Å². The van der Waals surface area contributed by atoms with E-state index in [-0.39, 0.29) is 17.9 Å². The third-order valence-corrected chi connectivity index (χ3v) is 5.09. The molecule has 1 aliphatic heterocycles. The lowest BCUT2D eigenvalue weighted by Crippen LogP contribution is -2.50. The molecule has 2 rings (SSSR count). The Labute approximate surface area is 162 Å². The third-order valence-electron chi connectivity index (χ3n) is 5.09. The molecule has 0 radical (unpaired) electrons. The maximum absolute atomic E-state index is 12.5. The van der Waals surface area contributed by atoms with Crippen molar-refractivity contribution in [3.05, 3.63) is 29.3 Å². The van der Waals surface area contributed by atoms with Crippen molar-refractivity contribution < 1.29 is 14.3 Å². The van der Waals surface area contributed by atoms with Gasteiger partial charge in [0.15, 0.2) is 0 Å². The van der Waals surface area contributed by atoms with Crippen LogP contribution in [0.4, 0.5) is 4.79 Å². The summed E-state index contributed by atoms with van der Waals surface area (Å²) >= 11 is 0. The van der Waals surface area contributed by atoms with Crippen LogP contribution in [-0.2, 0) is 4.79 Å². The zero-order valence-corrected chi connectivity index (χ0v) is 17.1. The Balaban J connectivity index is 1.77. The Hall–Kier alpha value is -2.24. The summed E-state index contributed by atoms with van der Waals surface area (Å²) in [6.07, 6.45) is 1.69. The highest BCUT2D eigenvalue weighted by Gasteiger charge is 2.29. The fraction of sp³-hybridized carbons (Fsp3) is 0.619. The number of aryl methyl sites for hydroxylation is 2. The van der Waals surface area contributed by atoms with Crippen molar-refractivity contribution in [2.75, 3.05) is 39.3 Å². The predicted molar refractivity (Wildman–Crippen MR) is 107 cm³/mol. The van der Waals surface area contributed by atoms with Gasteiger partial charge in [0.25, 0.3) is 0 Å². The summed E-state index contributed by atoms with van der Waals surface area (Å²) in [6, 6.07) is 6.10. The van der Waals surface area contributed by atoms with Gasteiger partial charge < -0.3 is 19.9 Å². The van der Waals surface area contributed by atoms with E-state index in [1.165, 1.54) is 5.56 Å². The Kier molecular flexibility index (Phi) is 7.95. The zero-order chi connectivity index (χ0) is 19.8. The molecule has 1 saturated heterocycles. The average Bonchev–Trinajstić information content (AvgIpc) is 2.67. The van der Waals surface area contributed by atoms with E-state index in [0.717, 1.165) is 30.7 Å². The monoisotopic (exact) mass is 375 g/mol. The molecular weight excluding hydrogens is 342 g/mol. The van der Waals surface area contributed by atoms with Crippen LogP contribution < -0.4 is 10.1 Å². The van der Waals surface area contributed by atoms with Crippen molar-refractivity contribution in [1.82, 2.24) is 15.1 Å². The fourth-order valence-corrected chi connectivity index (χ4v) is 3.50. The van der Waals surface area contributed by atoms with Crippen LogP contribution in [0.25, 0.3) is 0 Å². The van der Waals surface area contributed by atoms with Crippen LogP contribution in [0, 0.1) is 19.8 Å². The number of carbonyl (C=O) groups excluding carboxylic acids is 2. The Bertz CT molecular complexity index is 644. The van der Waals surface area contributed by atoms with Crippen molar-refractivity contribution in [2.24, 2.45) is 5.92 Å². The SMILES string of the molecule is CCN(CC)C(=O)N1CCC[C@@H](C(=O)NCCOc2ccc(C)cc2C)C1. The molecule has 0 bridgehead atoms. The molecule has 1 heterocycles. The molecule has 1 fully saturated rings. The van der Waals surface area contributed by atoms with E-state index >= 15 is 0 Å². The molecule has 1 aromatic carbocycles. The van der Waals surface area contributed by atoms with E-state index in [4.69, 9.17) is 4.74 Å². The summed E-state index contributed by atoms with van der Waals surface area (Å²) in [5, 5.41) is 2.95. The molecule has 6 nitrogen and oxygen atoms in total. The first-order valence-electron chi connectivity index (χ1n) is 9.97. The average molecular weight is 376 g/mol. The molecule has 1 aromatic rings. The van der Waals surface area contributed by atoms with Crippen LogP contribution in [0.1, 0.15) is 37.8 Å². The number of likely N-dealkylation sites (tertiary alicyclic amines) is 1. The van der Waals surface area contributed by atoms with E-state index in [2.05, 4.69) is 18.3 Å². The predicted octanol–water partition coefficient (Wildman–Crippen LogP) is 2.97. The summed E-state index contributed by atoms with van der Waals surface area (Å²) in [5.74, 6) is 0.721. The van der Waals surface area contributed by atoms with Gasteiger partial charge in [-0.15, -0.1) is 0 Å². The van der Waals surface area contributed by atoms with Crippen LogP contribution in [0.5, 0.6) is 5.75 Å². The van der Waals surface area contributed by atoms with E-state index in [1.54, 1.807) is 4.90 Å². The molecule has 0 aromatic heterocycles. The minimum atomic E-state index is -0.139. The van der Waals surface area contributed by atoms with E-state index in [0.29, 0.717) is 32.8 Å². The van der Waals surface area contributed by atoms with E-state index < -0.39 is 0 Å². The normalized spacial score (nSPS) is 16.7. The van der Waals surface area contributed by atoms with Crippen LogP contribution >= 0.6 is 0 Å². The number of piperidine rings is 1. The quantitative estimate of drug-likeness (QED) is 0.745. The maximum Gasteiger partial charge on any atom is 0.320 e. The van der Waals surface area contributed by atoms with Gasteiger partial charge in [-0.25, -0.2) is 4.79 Å². The van der Waals surface area contributed by atoms with E-state index in [1.807, 2.05) is 37.8 Å². The number of nitrogens with zero attached hydrogens (tertiary/aromatic N) is 2. The van der Waals surface area contributed by atoms with Gasteiger partial charge in [0.2, 0.25) is 5.91 Å². The van der Waals surface area contributed by atoms with Crippen molar-refractivity contribution >= 4 is 11.9 Å². The zero-order valence-electron chi connectivity index (χ0n) is 17.1. The minimum Gasteiger partial charge on any atom is -0.491 e. The number of amides is 3. The first-order chi connectivity index (χ1) is 13.0. The summed E-state index contributed by atoms with van der Waals surface area (Å²) in [7, 11) is 0. The Morgan fingerprint density at radius 1 is 1.26 bits per heavy atom. The Morgan fingerprint density at radius 2 is 2.00 bits per heavy atom. The second-order valence-corrected chi connectivity index (χ2v) is 7.15. The number of hydrogen-bond acceptors (Lipinski definition) is 3. The molecule has 6 heteroatoms. The second-order valence-electron chi connectivity index (χ2n) is 7.15. The largest absolute Gasteiger partial charge is 0.491 e. The Morgan fingerprint density at radius 3 is 2.67 bits per heavy atom. The minimum absolute atomic E-state index is 0.0104. The van der Waals surface area contributed by atoms with Crippen molar-refractivity contribution in [3.63, 3.8) is 0 Å². The molecule has 150 valence electrons. The molecule has 0 spiro atoms. The fourth-order valence-electron chi connectivity index (χ4n) is 3.50. The van der Waals surface area contributed by atoms with Crippen LogP contribution in [0.3, 0.4) is 0 Å². The number of ether oxygens (including phenoxy) is 1. The van der Waals surface area contributed by atoms with Gasteiger partial charge in [0.05, 0.1) is 12.5 Å². The van der Waals surface area contributed by atoms with Crippen molar-refractivity contribution in [3.8, 4) is 5.75 Å². The molecule has 1 atom stereocenters. The molecule has 0 aliphatic carbocycles. The number of rotatable bonds is 7. The van der Waals surface area contributed by atoms with Gasteiger partial charge in [-0.3, -0.25) is 4.79 Å². The number of benzene rings is 1. The standard InChI is InChI=1S/C21H33N3O3/c1-5-23(6-2)21(26)24-12-7-8-18(15-24)20(25)22-11-13-27-19-10-9-16(3)14-17(19)4/h9-10,14,18H,5-8,11-13,15H2,1-4H3,(H,22,25)/t18-/m1/s1. The van der Waals surface area contributed by atoms with Crippen molar-refractivity contribution in [1.29, 1.82) is 0 Å². The van der Waals surface area contributed by atoms with Crippen LogP contribution in [0.15, 0.2) is 18.2 Å². The van der Waals surface area contributed by atoms with Gasteiger partial charge in [0.1, 0.15) is 12.4 Å². The van der Waals surface area contributed by atoms with Crippen LogP contribution in [-0.4, -0.2) is 61.1 Å². The lowest BCUT2D eigenvalue weighted by Gasteiger charge is -2.35. The molecule has 1 aliphatic rings. The molecular formula is C21H33N3O3. The number of nitrogens with one attached hydrogen (secondary N) is 1. The molecule has 3 amide bonds. The molecule has 27 heavy (non-hydrogen) atoms. The summed E-state index contributed by atoms with van der Waals surface area (Å²) in [5.41, 5.74) is 2.30. The first kappa shape index (κ1) is 21.1. The number of hydrogen-bond donors (Lipinski definition) is 1. The van der Waals surface area contributed by atoms with Gasteiger partial charge in [-0.1, -0.05) is 17.7 Å². The summed E-state index contributed by atoms with van der Waals surface area (Å²) in [4.78, 5) is 28.6. The van der Waals surface area contributed by atoms with Crippen molar-refractivity contribution in [2.45, 2.75) is 40.5 Å². The summed E-state index contributed by atoms with van der Waals surface area (Å²) in [6.45, 7) is 11.5. The summed E-state index contributed by atoms with van der Waals surface area (Å²) < 4.78 is 5.76. The highest BCUT2D eigenvalue weighted by Crippen LogP contribution is 2.19. The topological polar surface area (TPSA) is 61.9 Å². The highest BCUT2D eigenvalue weighted by atomic mass is 16.5. The van der Waals surface area contributed by atoms with Gasteiger partial charge in [0, 0.05) is 26.2 Å². The van der Waals surface area contributed by atoms with Gasteiger partial charge >= 0.3 is 6.03 Å². The molecule has 0 saturated carbocycles. The smallest absolute Gasteiger partial charge is 0.320 e. The molecule has 1 N–H and O–H groups in total. The van der Waals surface area contributed by atoms with Gasteiger partial charge in [-0.05, 0) is 52.2 Å². The third kappa shape index (κ3) is 5.88.